The third-order valence-electron chi connectivity index (χ3n) is 2.65. The standard InChI is InChI=1S/C8H7N3O2S.C6H6.C4H9NO/c12-8(7-1-2-10-11-7)13-3-6-4-14-5-9-6;1-2-4-6-5-3-1;1-3-5-4(2)6/h1-2,4-5H,3H2,(H,10,11);1-6H;3H2,1-2H3,(H,5,6). The molecule has 138 valence electrons. The highest BCUT2D eigenvalue weighted by Crippen LogP contribution is 2.04. The molecule has 0 fully saturated rings. The predicted molar refractivity (Wildman–Crippen MR) is 101 cm³/mol. The van der Waals surface area contributed by atoms with Crippen molar-refractivity contribution in [3.05, 3.63) is 70.9 Å². The van der Waals surface area contributed by atoms with Crippen LogP contribution in [-0.4, -0.2) is 33.6 Å². The largest absolute Gasteiger partial charge is 0.454 e. The lowest BCUT2D eigenvalue weighted by atomic mass is 10.4. The SMILES string of the molecule is CCNC(C)=O.O=C(OCc1cscn1)c1ccn[nH]1.c1ccccc1. The Hall–Kier alpha value is -3.00. The van der Waals surface area contributed by atoms with Crippen LogP contribution in [0, 0.1) is 0 Å². The van der Waals surface area contributed by atoms with Gasteiger partial charge in [0.05, 0.1) is 11.2 Å². The number of esters is 1. The molecular weight excluding hydrogens is 352 g/mol. The molecule has 3 rings (SSSR count). The molecule has 2 heterocycles. The molecule has 0 aliphatic heterocycles. The van der Waals surface area contributed by atoms with Crippen molar-refractivity contribution in [2.24, 2.45) is 0 Å². The van der Waals surface area contributed by atoms with Crippen molar-refractivity contribution in [1.29, 1.82) is 0 Å². The van der Waals surface area contributed by atoms with Crippen LogP contribution in [0.2, 0.25) is 0 Å². The minimum Gasteiger partial charge on any atom is -0.454 e. The van der Waals surface area contributed by atoms with Gasteiger partial charge in [0, 0.05) is 25.0 Å². The highest BCUT2D eigenvalue weighted by atomic mass is 32.1. The van der Waals surface area contributed by atoms with E-state index in [-0.39, 0.29) is 12.5 Å². The molecule has 0 saturated carbocycles. The Bertz CT molecular complexity index is 690. The molecule has 0 saturated heterocycles. The van der Waals surface area contributed by atoms with Crippen LogP contribution in [0.3, 0.4) is 0 Å². The van der Waals surface area contributed by atoms with Crippen LogP contribution in [0.4, 0.5) is 0 Å². The van der Waals surface area contributed by atoms with Crippen LogP contribution in [0.15, 0.2) is 59.6 Å². The number of hydrogen-bond acceptors (Lipinski definition) is 6. The summed E-state index contributed by atoms with van der Waals surface area (Å²) in [6.07, 6.45) is 1.50. The minimum atomic E-state index is -0.421. The maximum Gasteiger partial charge on any atom is 0.356 e. The van der Waals surface area contributed by atoms with Crippen LogP contribution in [-0.2, 0) is 16.1 Å². The Morgan fingerprint density at radius 3 is 2.23 bits per heavy atom. The molecule has 7 nitrogen and oxygen atoms in total. The first-order chi connectivity index (χ1) is 12.6. The molecule has 2 aromatic heterocycles. The molecule has 8 heteroatoms. The van der Waals surface area contributed by atoms with Crippen molar-refractivity contribution in [3.8, 4) is 0 Å². The number of rotatable bonds is 4. The zero-order chi connectivity index (χ0) is 19.0. The number of aromatic nitrogens is 3. The number of nitrogens with one attached hydrogen (secondary N) is 2. The van der Waals surface area contributed by atoms with Gasteiger partial charge in [-0.3, -0.25) is 9.89 Å². The number of ether oxygens (including phenoxy) is 1. The van der Waals surface area contributed by atoms with Crippen molar-refractivity contribution >= 4 is 23.2 Å². The molecular formula is C18H22N4O3S. The number of thiazole rings is 1. The summed E-state index contributed by atoms with van der Waals surface area (Å²) in [4.78, 5) is 25.2. The molecule has 2 N–H and O–H groups in total. The normalized spacial score (nSPS) is 9.00. The number of nitrogens with zero attached hydrogens (tertiary/aromatic N) is 2. The summed E-state index contributed by atoms with van der Waals surface area (Å²) in [6, 6.07) is 13.6. The average molecular weight is 374 g/mol. The van der Waals surface area contributed by atoms with Gasteiger partial charge in [-0.05, 0) is 13.0 Å². The van der Waals surface area contributed by atoms with Crippen molar-refractivity contribution in [2.45, 2.75) is 20.5 Å². The average Bonchev–Trinajstić information content (AvgIpc) is 3.36. The van der Waals surface area contributed by atoms with E-state index in [0.717, 1.165) is 12.2 Å². The third-order valence-corrected chi connectivity index (χ3v) is 3.28. The Balaban J connectivity index is 0.000000234. The number of benzene rings is 1. The quantitative estimate of drug-likeness (QED) is 0.684. The van der Waals surface area contributed by atoms with E-state index in [0.29, 0.717) is 5.69 Å². The topological polar surface area (TPSA) is 97.0 Å². The Morgan fingerprint density at radius 1 is 1.19 bits per heavy atom. The highest BCUT2D eigenvalue weighted by molar-refractivity contribution is 7.07. The minimum absolute atomic E-state index is 0.0394. The maximum absolute atomic E-state index is 11.3. The van der Waals surface area contributed by atoms with Gasteiger partial charge in [-0.2, -0.15) is 5.10 Å². The van der Waals surface area contributed by atoms with E-state index in [1.165, 1.54) is 24.5 Å². The Morgan fingerprint density at radius 2 is 1.85 bits per heavy atom. The number of H-pyrrole nitrogens is 1. The van der Waals surface area contributed by atoms with Crippen LogP contribution in [0.1, 0.15) is 30.0 Å². The maximum atomic E-state index is 11.3. The lowest BCUT2D eigenvalue weighted by Gasteiger charge is -1.99. The fourth-order valence-electron chi connectivity index (χ4n) is 1.53. The third kappa shape index (κ3) is 9.99. The first kappa shape index (κ1) is 21.0. The van der Waals surface area contributed by atoms with E-state index < -0.39 is 5.97 Å². The second-order valence-corrected chi connectivity index (χ2v) is 5.49. The van der Waals surface area contributed by atoms with E-state index in [2.05, 4.69) is 20.5 Å². The van der Waals surface area contributed by atoms with Gasteiger partial charge in [-0.1, -0.05) is 36.4 Å². The zero-order valence-corrected chi connectivity index (χ0v) is 15.5. The smallest absolute Gasteiger partial charge is 0.356 e. The molecule has 0 aliphatic rings. The van der Waals surface area contributed by atoms with Gasteiger partial charge >= 0.3 is 5.97 Å². The summed E-state index contributed by atoms with van der Waals surface area (Å²) < 4.78 is 4.96. The Labute approximate surface area is 156 Å². The molecule has 1 aromatic carbocycles. The number of carbonyl (C=O) groups excluding carboxylic acids is 2. The summed E-state index contributed by atoms with van der Waals surface area (Å²) >= 11 is 1.47. The summed E-state index contributed by atoms with van der Waals surface area (Å²) in [7, 11) is 0. The molecule has 26 heavy (non-hydrogen) atoms. The lowest BCUT2D eigenvalue weighted by molar-refractivity contribution is -0.118. The van der Waals surface area contributed by atoms with Crippen LogP contribution >= 0.6 is 11.3 Å². The fraction of sp³-hybridized carbons (Fsp3) is 0.222. The van der Waals surface area contributed by atoms with Crippen LogP contribution in [0.5, 0.6) is 0 Å². The van der Waals surface area contributed by atoms with Gasteiger partial charge in [-0.25, -0.2) is 9.78 Å². The van der Waals surface area contributed by atoms with Crippen molar-refractivity contribution in [2.75, 3.05) is 6.54 Å². The summed E-state index contributed by atoms with van der Waals surface area (Å²) in [5, 5.41) is 10.6. The van der Waals surface area contributed by atoms with Crippen LogP contribution < -0.4 is 5.32 Å². The van der Waals surface area contributed by atoms with Gasteiger partial charge in [0.25, 0.3) is 0 Å². The molecule has 0 unspecified atom stereocenters. The van der Waals surface area contributed by atoms with Crippen LogP contribution in [0.25, 0.3) is 0 Å². The summed E-state index contributed by atoms with van der Waals surface area (Å²) in [5.41, 5.74) is 2.79. The van der Waals surface area contributed by atoms with Gasteiger partial charge in [0.15, 0.2) is 0 Å². The van der Waals surface area contributed by atoms with E-state index in [4.69, 9.17) is 4.74 Å². The number of aromatic amines is 1. The van der Waals surface area contributed by atoms with E-state index in [1.807, 2.05) is 48.7 Å². The molecule has 0 radical (unpaired) electrons. The van der Waals surface area contributed by atoms with Gasteiger partial charge in [-0.15, -0.1) is 11.3 Å². The first-order valence-electron chi connectivity index (χ1n) is 7.91. The second kappa shape index (κ2) is 13.3. The van der Waals surface area contributed by atoms with E-state index in [9.17, 15) is 9.59 Å². The summed E-state index contributed by atoms with van der Waals surface area (Å²) in [6.45, 7) is 4.32. The van der Waals surface area contributed by atoms with Crippen molar-refractivity contribution < 1.29 is 14.3 Å². The lowest BCUT2D eigenvalue weighted by Crippen LogP contribution is -2.18. The number of carbonyl (C=O) groups is 2. The molecule has 0 bridgehead atoms. The Kier molecular flexibility index (Phi) is 10.8. The molecule has 0 aliphatic carbocycles. The fourth-order valence-corrected chi connectivity index (χ4v) is 2.07. The van der Waals surface area contributed by atoms with E-state index >= 15 is 0 Å². The summed E-state index contributed by atoms with van der Waals surface area (Å²) in [5.74, 6) is -0.381. The van der Waals surface area contributed by atoms with Crippen molar-refractivity contribution in [1.82, 2.24) is 20.5 Å². The molecule has 0 spiro atoms. The molecule has 0 atom stereocenters. The molecule has 3 aromatic rings. The monoisotopic (exact) mass is 374 g/mol. The molecule has 1 amide bonds. The highest BCUT2D eigenvalue weighted by Gasteiger charge is 2.08. The van der Waals surface area contributed by atoms with Gasteiger partial charge in [0.1, 0.15) is 12.3 Å². The van der Waals surface area contributed by atoms with Gasteiger partial charge < -0.3 is 10.1 Å². The first-order valence-corrected chi connectivity index (χ1v) is 8.85. The zero-order valence-electron chi connectivity index (χ0n) is 14.7. The number of hydrogen-bond donors (Lipinski definition) is 2. The van der Waals surface area contributed by atoms with Crippen molar-refractivity contribution in [3.63, 3.8) is 0 Å². The predicted octanol–water partition coefficient (Wildman–Crippen LogP) is 3.05. The van der Waals surface area contributed by atoms with E-state index in [1.54, 1.807) is 11.6 Å². The number of amides is 1. The second-order valence-electron chi connectivity index (χ2n) is 4.77. The van der Waals surface area contributed by atoms with Gasteiger partial charge in [0.2, 0.25) is 5.91 Å².